The van der Waals surface area contributed by atoms with Crippen LogP contribution >= 0.6 is 0 Å². The van der Waals surface area contributed by atoms with Gasteiger partial charge in [0.2, 0.25) is 0 Å². The summed E-state index contributed by atoms with van der Waals surface area (Å²) in [5, 5.41) is 11.7. The minimum absolute atomic E-state index is 0.0671. The highest BCUT2D eigenvalue weighted by atomic mass is 16.5. The third-order valence-electron chi connectivity index (χ3n) is 5.21. The Morgan fingerprint density at radius 1 is 1.21 bits per heavy atom. The number of anilines is 2. The van der Waals surface area contributed by atoms with Gasteiger partial charge in [-0.15, -0.1) is 0 Å². The van der Waals surface area contributed by atoms with E-state index in [1.807, 2.05) is 36.2 Å². The van der Waals surface area contributed by atoms with Gasteiger partial charge in [-0.25, -0.2) is 15.4 Å². The largest absolute Gasteiger partial charge is 0.393 e. The van der Waals surface area contributed by atoms with Crippen LogP contribution in [-0.2, 0) is 9.47 Å². The summed E-state index contributed by atoms with van der Waals surface area (Å²) < 4.78 is 10.9. The highest BCUT2D eigenvalue weighted by molar-refractivity contribution is 5.55. The van der Waals surface area contributed by atoms with Gasteiger partial charge in [0.05, 0.1) is 25.9 Å². The molecule has 29 heavy (non-hydrogen) atoms. The molecule has 0 radical (unpaired) electrons. The summed E-state index contributed by atoms with van der Waals surface area (Å²) in [5.74, 6) is 1.99. The average Bonchev–Trinajstić information content (AvgIpc) is 3.17. The Morgan fingerprint density at radius 2 is 1.93 bits per heavy atom. The van der Waals surface area contributed by atoms with Crippen LogP contribution in [0.3, 0.4) is 0 Å². The first-order valence-electron chi connectivity index (χ1n) is 9.84. The third kappa shape index (κ3) is 4.25. The molecule has 2 aliphatic rings. The summed E-state index contributed by atoms with van der Waals surface area (Å²) in [6.45, 7) is 4.73. The van der Waals surface area contributed by atoms with E-state index < -0.39 is 6.10 Å². The molecule has 8 nitrogen and oxygen atoms in total. The van der Waals surface area contributed by atoms with Gasteiger partial charge in [-0.1, -0.05) is 30.3 Å². The van der Waals surface area contributed by atoms with E-state index in [0.717, 1.165) is 30.4 Å². The van der Waals surface area contributed by atoms with Gasteiger partial charge in [-0.3, -0.25) is 5.01 Å². The molecule has 1 aromatic carbocycles. The van der Waals surface area contributed by atoms with Crippen LogP contribution in [0.5, 0.6) is 0 Å². The predicted molar refractivity (Wildman–Crippen MR) is 110 cm³/mol. The Bertz CT molecular complexity index is 851. The lowest BCUT2D eigenvalue weighted by atomic mass is 10.1. The summed E-state index contributed by atoms with van der Waals surface area (Å²) in [5.41, 5.74) is 5.74. The highest BCUT2D eigenvalue weighted by Gasteiger charge is 2.26. The average molecular weight is 397 g/mol. The molecular weight excluding hydrogens is 370 g/mol. The summed E-state index contributed by atoms with van der Waals surface area (Å²) >= 11 is 0. The minimum Gasteiger partial charge on any atom is -0.393 e. The van der Waals surface area contributed by atoms with Crippen LogP contribution in [0.2, 0.25) is 0 Å². The molecule has 0 spiro atoms. The second kappa shape index (κ2) is 8.87. The van der Waals surface area contributed by atoms with Gasteiger partial charge in [-0.2, -0.15) is 0 Å². The summed E-state index contributed by atoms with van der Waals surface area (Å²) in [7, 11) is 1.55. The van der Waals surface area contributed by atoms with Crippen LogP contribution in [0.4, 0.5) is 11.6 Å². The fourth-order valence-electron chi connectivity index (χ4n) is 3.59. The smallest absolute Gasteiger partial charge is 0.164 e. The predicted octanol–water partition coefficient (Wildman–Crippen LogP) is 1.96. The van der Waals surface area contributed by atoms with Crippen molar-refractivity contribution in [2.75, 3.05) is 49.9 Å². The van der Waals surface area contributed by atoms with Crippen LogP contribution in [0, 0.1) is 0 Å². The number of aliphatic hydroxyl groups excluding tert-OH is 1. The van der Waals surface area contributed by atoms with Crippen molar-refractivity contribution in [2.45, 2.75) is 19.1 Å². The van der Waals surface area contributed by atoms with Gasteiger partial charge in [0.15, 0.2) is 11.6 Å². The number of benzene rings is 1. The van der Waals surface area contributed by atoms with E-state index in [4.69, 9.17) is 14.5 Å². The van der Waals surface area contributed by atoms with E-state index in [0.29, 0.717) is 19.0 Å². The van der Waals surface area contributed by atoms with Gasteiger partial charge < -0.3 is 19.5 Å². The molecule has 154 valence electrons. The Labute approximate surface area is 170 Å². The van der Waals surface area contributed by atoms with Gasteiger partial charge >= 0.3 is 0 Å². The molecule has 4 rings (SSSR count). The molecule has 0 bridgehead atoms. The number of allylic oxidation sites excluding steroid dienone is 1. The first-order chi connectivity index (χ1) is 14.2. The lowest BCUT2D eigenvalue weighted by Crippen LogP contribution is -2.38. The zero-order valence-corrected chi connectivity index (χ0v) is 16.8. The maximum absolute atomic E-state index is 9.70. The maximum Gasteiger partial charge on any atom is 0.164 e. The molecule has 3 heterocycles. The van der Waals surface area contributed by atoms with Crippen molar-refractivity contribution in [1.82, 2.24) is 15.4 Å². The van der Waals surface area contributed by atoms with E-state index in [1.54, 1.807) is 7.11 Å². The van der Waals surface area contributed by atoms with Crippen molar-refractivity contribution in [1.29, 1.82) is 0 Å². The van der Waals surface area contributed by atoms with Crippen LogP contribution in [0.1, 0.15) is 30.5 Å². The molecular formula is C21H27N5O3. The van der Waals surface area contributed by atoms with E-state index in [1.165, 1.54) is 5.56 Å². The van der Waals surface area contributed by atoms with E-state index in [2.05, 4.69) is 33.5 Å². The molecule has 2 unspecified atom stereocenters. The van der Waals surface area contributed by atoms with Crippen molar-refractivity contribution in [3.05, 3.63) is 59.6 Å². The molecule has 2 atom stereocenters. The summed E-state index contributed by atoms with van der Waals surface area (Å²) in [4.78, 5) is 11.5. The third-order valence-corrected chi connectivity index (χ3v) is 5.21. The minimum atomic E-state index is -0.577. The van der Waals surface area contributed by atoms with Crippen molar-refractivity contribution in [3.63, 3.8) is 0 Å². The van der Waals surface area contributed by atoms with Gasteiger partial charge in [0, 0.05) is 32.0 Å². The van der Waals surface area contributed by atoms with Crippen LogP contribution in [0.25, 0.3) is 0 Å². The molecule has 1 fully saturated rings. The second-order valence-electron chi connectivity index (χ2n) is 7.11. The zero-order chi connectivity index (χ0) is 20.2. The molecule has 2 aromatic rings. The molecule has 2 N–H and O–H groups in total. The standard InChI is InChI=1S/C21H27N5O3/c1-15-12-17(16-6-4-3-5-7-16)24-26(15)20-13-19(25-8-10-29-11-9-25)22-21(23-20)18(14-27)28-2/h3-7,12-13,17-18,24,27H,8-11,14H2,1-2H3. The number of methoxy groups -OCH3 is 1. The Morgan fingerprint density at radius 3 is 2.62 bits per heavy atom. The van der Waals surface area contributed by atoms with Crippen LogP contribution in [0.15, 0.2) is 48.2 Å². The topological polar surface area (TPSA) is 83.0 Å². The lowest BCUT2D eigenvalue weighted by molar-refractivity contribution is 0.0423. The number of aromatic nitrogens is 2. The van der Waals surface area contributed by atoms with E-state index >= 15 is 0 Å². The molecule has 0 saturated carbocycles. The second-order valence-corrected chi connectivity index (χ2v) is 7.11. The molecule has 0 amide bonds. The molecule has 1 saturated heterocycles. The number of hydrogen-bond acceptors (Lipinski definition) is 8. The number of nitrogens with zero attached hydrogens (tertiary/aromatic N) is 4. The summed E-state index contributed by atoms with van der Waals surface area (Å²) in [6.07, 6.45) is 1.59. The first kappa shape index (κ1) is 19.8. The SMILES string of the molecule is COC(CO)c1nc(N2CCOCC2)cc(N2NC(c3ccccc3)C=C2C)n1. The summed E-state index contributed by atoms with van der Waals surface area (Å²) in [6, 6.07) is 12.3. The van der Waals surface area contributed by atoms with Crippen molar-refractivity contribution >= 4 is 11.6 Å². The zero-order valence-electron chi connectivity index (χ0n) is 16.8. The highest BCUT2D eigenvalue weighted by Crippen LogP contribution is 2.30. The first-order valence-corrected chi connectivity index (χ1v) is 9.84. The number of nitrogens with one attached hydrogen (secondary N) is 1. The number of ether oxygens (including phenoxy) is 2. The Hall–Kier alpha value is -2.52. The van der Waals surface area contributed by atoms with Crippen molar-refractivity contribution in [2.24, 2.45) is 0 Å². The monoisotopic (exact) mass is 397 g/mol. The van der Waals surface area contributed by atoms with Gasteiger partial charge in [-0.05, 0) is 18.6 Å². The van der Waals surface area contributed by atoms with Gasteiger partial charge in [0.25, 0.3) is 0 Å². The van der Waals surface area contributed by atoms with Crippen LogP contribution in [-0.4, -0.2) is 55.1 Å². The Balaban J connectivity index is 1.67. The fraction of sp³-hybridized carbons (Fsp3) is 0.429. The Kier molecular flexibility index (Phi) is 6.05. The lowest BCUT2D eigenvalue weighted by Gasteiger charge is -2.30. The van der Waals surface area contributed by atoms with E-state index in [9.17, 15) is 5.11 Å². The van der Waals surface area contributed by atoms with Crippen molar-refractivity contribution < 1.29 is 14.6 Å². The maximum atomic E-state index is 9.70. The number of rotatable bonds is 6. The van der Waals surface area contributed by atoms with Gasteiger partial charge in [0.1, 0.15) is 11.9 Å². The molecule has 1 aromatic heterocycles. The fourth-order valence-corrected chi connectivity index (χ4v) is 3.59. The molecule has 2 aliphatic heterocycles. The number of hydrogen-bond donors (Lipinski definition) is 2. The van der Waals surface area contributed by atoms with Crippen molar-refractivity contribution in [3.8, 4) is 0 Å². The number of aliphatic hydroxyl groups is 1. The number of morpholine rings is 1. The normalized spacial score (nSPS) is 20.7. The quantitative estimate of drug-likeness (QED) is 0.766. The number of hydrazine groups is 1. The molecule has 0 aliphatic carbocycles. The van der Waals surface area contributed by atoms with Crippen LogP contribution < -0.4 is 15.3 Å². The molecule has 8 heteroatoms. The van der Waals surface area contributed by atoms with E-state index in [-0.39, 0.29) is 12.6 Å².